The van der Waals surface area contributed by atoms with Crippen LogP contribution in [0.3, 0.4) is 0 Å². The van der Waals surface area contributed by atoms with Gasteiger partial charge in [0.05, 0.1) is 12.6 Å². The molecule has 2 amide bonds. The van der Waals surface area contributed by atoms with Gasteiger partial charge in [-0.15, -0.1) is 0 Å². The summed E-state index contributed by atoms with van der Waals surface area (Å²) in [6.45, 7) is 4.20. The lowest BCUT2D eigenvalue weighted by Gasteiger charge is -2.35. The molecule has 1 fully saturated rings. The standard InChI is InChI=1S/C13H24N2O4/c1-3-9(2)11(12(17)18)14-13(19)15-7-5-4-6-10(15)8-16/h9-11,16H,3-8H2,1-2H3,(H,14,19)(H,17,18)/t9-,10?,11-/m0/s1. The van der Waals surface area contributed by atoms with E-state index in [0.29, 0.717) is 13.0 Å². The smallest absolute Gasteiger partial charge is 0.326 e. The normalized spacial score (nSPS) is 22.7. The molecule has 110 valence electrons. The molecule has 1 aliphatic heterocycles. The first kappa shape index (κ1) is 15.8. The Balaban J connectivity index is 2.67. The molecule has 0 spiro atoms. The predicted octanol–water partition coefficient (Wildman–Crippen LogP) is 1.04. The lowest BCUT2D eigenvalue weighted by molar-refractivity contribution is -0.140. The third-order valence-electron chi connectivity index (χ3n) is 3.86. The fourth-order valence-electron chi connectivity index (χ4n) is 2.36. The van der Waals surface area contributed by atoms with Gasteiger partial charge in [0.15, 0.2) is 0 Å². The van der Waals surface area contributed by atoms with Crippen LogP contribution in [-0.2, 0) is 4.79 Å². The highest BCUT2D eigenvalue weighted by atomic mass is 16.4. The van der Waals surface area contributed by atoms with Crippen LogP contribution in [0, 0.1) is 5.92 Å². The van der Waals surface area contributed by atoms with E-state index < -0.39 is 12.0 Å². The van der Waals surface area contributed by atoms with Gasteiger partial charge in [-0.05, 0) is 25.2 Å². The van der Waals surface area contributed by atoms with Crippen molar-refractivity contribution in [2.24, 2.45) is 5.92 Å². The molecule has 1 saturated heterocycles. The van der Waals surface area contributed by atoms with Gasteiger partial charge in [0.25, 0.3) is 0 Å². The first-order chi connectivity index (χ1) is 9.01. The number of aliphatic carboxylic acids is 1. The molecule has 1 heterocycles. The van der Waals surface area contributed by atoms with Gasteiger partial charge in [0, 0.05) is 6.54 Å². The molecule has 1 rings (SSSR count). The Morgan fingerprint density at radius 2 is 2.11 bits per heavy atom. The van der Waals surface area contributed by atoms with Crippen molar-refractivity contribution in [1.29, 1.82) is 0 Å². The Morgan fingerprint density at radius 1 is 1.42 bits per heavy atom. The number of carbonyl (C=O) groups is 2. The van der Waals surface area contributed by atoms with Crippen LogP contribution < -0.4 is 5.32 Å². The van der Waals surface area contributed by atoms with Gasteiger partial charge in [-0.1, -0.05) is 20.3 Å². The van der Waals surface area contributed by atoms with E-state index in [4.69, 9.17) is 5.11 Å². The molecule has 0 aromatic carbocycles. The summed E-state index contributed by atoms with van der Waals surface area (Å²) in [6, 6.07) is -1.45. The van der Waals surface area contributed by atoms with Gasteiger partial charge in [-0.25, -0.2) is 9.59 Å². The first-order valence-corrected chi connectivity index (χ1v) is 6.92. The van der Waals surface area contributed by atoms with E-state index in [2.05, 4.69) is 5.32 Å². The van der Waals surface area contributed by atoms with Crippen LogP contribution in [0.2, 0.25) is 0 Å². The van der Waals surface area contributed by atoms with E-state index in [9.17, 15) is 14.7 Å². The Morgan fingerprint density at radius 3 is 2.63 bits per heavy atom. The average molecular weight is 272 g/mol. The number of aliphatic hydroxyl groups is 1. The Kier molecular flexibility index (Phi) is 6.08. The summed E-state index contributed by atoms with van der Waals surface area (Å²) in [6.07, 6.45) is 3.33. The van der Waals surface area contributed by atoms with Crippen molar-refractivity contribution in [3.05, 3.63) is 0 Å². The van der Waals surface area contributed by atoms with Gasteiger partial charge < -0.3 is 20.4 Å². The number of aliphatic hydroxyl groups excluding tert-OH is 1. The van der Waals surface area contributed by atoms with Crippen LogP contribution in [-0.4, -0.2) is 52.3 Å². The number of likely N-dealkylation sites (tertiary alicyclic amines) is 1. The van der Waals surface area contributed by atoms with Gasteiger partial charge in [-0.3, -0.25) is 0 Å². The number of piperidine rings is 1. The van der Waals surface area contributed by atoms with Gasteiger partial charge in [0.1, 0.15) is 6.04 Å². The highest BCUT2D eigenvalue weighted by Gasteiger charge is 2.31. The maximum atomic E-state index is 12.1. The molecule has 1 unspecified atom stereocenters. The van der Waals surface area contributed by atoms with Crippen molar-refractivity contribution in [2.75, 3.05) is 13.2 Å². The van der Waals surface area contributed by atoms with E-state index in [1.54, 1.807) is 11.8 Å². The average Bonchev–Trinajstić information content (AvgIpc) is 2.43. The molecule has 19 heavy (non-hydrogen) atoms. The van der Waals surface area contributed by atoms with Crippen LogP contribution in [0.1, 0.15) is 39.5 Å². The largest absolute Gasteiger partial charge is 0.480 e. The van der Waals surface area contributed by atoms with Crippen molar-refractivity contribution in [3.63, 3.8) is 0 Å². The summed E-state index contributed by atoms with van der Waals surface area (Å²) < 4.78 is 0. The Bertz CT molecular complexity index is 322. The first-order valence-electron chi connectivity index (χ1n) is 6.92. The number of carbonyl (C=O) groups excluding carboxylic acids is 1. The molecule has 1 aliphatic rings. The summed E-state index contributed by atoms with van der Waals surface area (Å²) in [7, 11) is 0. The second kappa shape index (κ2) is 7.33. The van der Waals surface area contributed by atoms with Crippen molar-refractivity contribution in [3.8, 4) is 0 Å². The van der Waals surface area contributed by atoms with Crippen LogP contribution in [0.25, 0.3) is 0 Å². The number of hydrogen-bond donors (Lipinski definition) is 3. The zero-order valence-corrected chi connectivity index (χ0v) is 11.6. The molecule has 0 aliphatic carbocycles. The van der Waals surface area contributed by atoms with Crippen molar-refractivity contribution >= 4 is 12.0 Å². The quantitative estimate of drug-likeness (QED) is 0.697. The number of carboxylic acids is 1. The third kappa shape index (κ3) is 4.09. The van der Waals surface area contributed by atoms with Crippen LogP contribution in [0.4, 0.5) is 4.79 Å². The predicted molar refractivity (Wildman–Crippen MR) is 70.8 cm³/mol. The number of urea groups is 1. The van der Waals surface area contributed by atoms with Crippen molar-refractivity contribution in [1.82, 2.24) is 10.2 Å². The van der Waals surface area contributed by atoms with Gasteiger partial charge in [0.2, 0.25) is 0 Å². The molecule has 0 aromatic rings. The number of amides is 2. The number of nitrogens with one attached hydrogen (secondary N) is 1. The van der Waals surface area contributed by atoms with Crippen LogP contribution in [0.5, 0.6) is 0 Å². The Hall–Kier alpha value is -1.30. The van der Waals surface area contributed by atoms with Crippen LogP contribution in [0.15, 0.2) is 0 Å². The molecule has 3 atom stereocenters. The maximum absolute atomic E-state index is 12.1. The molecule has 6 nitrogen and oxygen atoms in total. The van der Waals surface area contributed by atoms with Crippen molar-refractivity contribution in [2.45, 2.75) is 51.6 Å². The zero-order valence-electron chi connectivity index (χ0n) is 11.6. The number of nitrogens with zero attached hydrogens (tertiary/aromatic N) is 1. The fraction of sp³-hybridized carbons (Fsp3) is 0.846. The van der Waals surface area contributed by atoms with Gasteiger partial charge in [-0.2, -0.15) is 0 Å². The molecule has 0 radical (unpaired) electrons. The molecule has 0 bridgehead atoms. The van der Waals surface area contributed by atoms with Crippen LogP contribution >= 0.6 is 0 Å². The lowest BCUT2D eigenvalue weighted by atomic mass is 9.99. The summed E-state index contributed by atoms with van der Waals surface area (Å²) in [4.78, 5) is 24.9. The zero-order chi connectivity index (χ0) is 14.4. The van der Waals surface area contributed by atoms with E-state index in [1.165, 1.54) is 0 Å². The summed E-state index contributed by atoms with van der Waals surface area (Å²) in [5.41, 5.74) is 0. The van der Waals surface area contributed by atoms with Crippen molar-refractivity contribution < 1.29 is 19.8 Å². The number of rotatable bonds is 5. The lowest BCUT2D eigenvalue weighted by Crippen LogP contribution is -2.55. The fourth-order valence-corrected chi connectivity index (χ4v) is 2.36. The maximum Gasteiger partial charge on any atom is 0.326 e. The van der Waals surface area contributed by atoms with E-state index in [1.807, 2.05) is 6.92 Å². The van der Waals surface area contributed by atoms with Gasteiger partial charge >= 0.3 is 12.0 Å². The number of carboxylic acid groups (broad SMARTS) is 1. The SMILES string of the molecule is CC[C@H](C)[C@H](NC(=O)N1CCCCC1CO)C(=O)O. The molecule has 3 N–H and O–H groups in total. The molecule has 6 heteroatoms. The second-order valence-corrected chi connectivity index (χ2v) is 5.18. The minimum atomic E-state index is -1.01. The van der Waals surface area contributed by atoms with E-state index in [-0.39, 0.29) is 24.6 Å². The molecular weight excluding hydrogens is 248 g/mol. The molecular formula is C13H24N2O4. The minimum absolute atomic E-state index is 0.0749. The Labute approximate surface area is 113 Å². The number of hydrogen-bond acceptors (Lipinski definition) is 3. The second-order valence-electron chi connectivity index (χ2n) is 5.18. The summed E-state index contributed by atoms with van der Waals surface area (Å²) in [5, 5.41) is 21.0. The summed E-state index contributed by atoms with van der Waals surface area (Å²) in [5.74, 6) is -1.14. The third-order valence-corrected chi connectivity index (χ3v) is 3.86. The molecule has 0 aromatic heterocycles. The highest BCUT2D eigenvalue weighted by molar-refractivity contribution is 5.83. The minimum Gasteiger partial charge on any atom is -0.480 e. The monoisotopic (exact) mass is 272 g/mol. The van der Waals surface area contributed by atoms with E-state index in [0.717, 1.165) is 19.3 Å². The molecule has 0 saturated carbocycles. The topological polar surface area (TPSA) is 89.9 Å². The van der Waals surface area contributed by atoms with E-state index >= 15 is 0 Å². The summed E-state index contributed by atoms with van der Waals surface area (Å²) >= 11 is 0. The highest BCUT2D eigenvalue weighted by Crippen LogP contribution is 2.17.